The fraction of sp³-hybridized carbons (Fsp3) is 0.222. The molecule has 7 nitrogen and oxygen atoms in total. The van der Waals surface area contributed by atoms with Crippen LogP contribution in [0.4, 0.5) is 11.6 Å². The van der Waals surface area contributed by atoms with Crippen molar-refractivity contribution in [2.24, 2.45) is 0 Å². The van der Waals surface area contributed by atoms with Crippen molar-refractivity contribution in [3.05, 3.63) is 54.0 Å². The number of carboxylic acid groups (broad SMARTS) is 1. The zero-order chi connectivity index (χ0) is 17.4. The quantitative estimate of drug-likeness (QED) is 0.742. The van der Waals surface area contributed by atoms with Gasteiger partial charge < -0.3 is 10.4 Å². The monoisotopic (exact) mass is 335 g/mol. The van der Waals surface area contributed by atoms with Gasteiger partial charge >= 0.3 is 5.97 Å². The summed E-state index contributed by atoms with van der Waals surface area (Å²) in [4.78, 5) is 20.3. The van der Waals surface area contributed by atoms with Gasteiger partial charge in [-0.25, -0.2) is 14.8 Å². The van der Waals surface area contributed by atoms with Crippen LogP contribution in [-0.2, 0) is 0 Å². The molecule has 25 heavy (non-hydrogen) atoms. The number of carbonyl (C=O) groups is 1. The summed E-state index contributed by atoms with van der Waals surface area (Å²) in [5.74, 6) is -0.565. The van der Waals surface area contributed by atoms with Crippen molar-refractivity contribution >= 4 is 17.6 Å². The molecule has 1 fully saturated rings. The van der Waals surface area contributed by atoms with Crippen LogP contribution in [0.15, 0.2) is 42.9 Å². The molecule has 4 rings (SSSR count). The lowest BCUT2D eigenvalue weighted by Crippen LogP contribution is -2.04. The summed E-state index contributed by atoms with van der Waals surface area (Å²) in [6, 6.07) is 7.34. The van der Waals surface area contributed by atoms with Crippen LogP contribution in [0.2, 0.25) is 0 Å². The maximum absolute atomic E-state index is 11.5. The minimum atomic E-state index is -0.978. The van der Waals surface area contributed by atoms with Crippen LogP contribution < -0.4 is 5.32 Å². The maximum Gasteiger partial charge on any atom is 0.336 e. The highest BCUT2D eigenvalue weighted by molar-refractivity contribution is 5.95. The summed E-state index contributed by atoms with van der Waals surface area (Å²) in [5, 5.41) is 16.9. The molecule has 0 amide bonds. The lowest BCUT2D eigenvalue weighted by molar-refractivity contribution is 0.0697. The van der Waals surface area contributed by atoms with E-state index in [1.807, 2.05) is 17.8 Å². The van der Waals surface area contributed by atoms with Crippen LogP contribution in [0.1, 0.15) is 34.8 Å². The third kappa shape index (κ3) is 3.08. The van der Waals surface area contributed by atoms with Gasteiger partial charge in [0.05, 0.1) is 29.2 Å². The minimum absolute atomic E-state index is 0.219. The van der Waals surface area contributed by atoms with Crippen molar-refractivity contribution in [3.8, 4) is 11.3 Å². The summed E-state index contributed by atoms with van der Waals surface area (Å²) in [7, 11) is 0. The summed E-state index contributed by atoms with van der Waals surface area (Å²) < 4.78 is 1.94. The molecular formula is C18H17N5O2. The first-order valence-corrected chi connectivity index (χ1v) is 8.09. The van der Waals surface area contributed by atoms with Crippen LogP contribution in [0, 0.1) is 6.92 Å². The lowest BCUT2D eigenvalue weighted by atomic mass is 10.0. The van der Waals surface area contributed by atoms with E-state index in [9.17, 15) is 9.90 Å². The van der Waals surface area contributed by atoms with Crippen molar-refractivity contribution in [1.29, 1.82) is 0 Å². The van der Waals surface area contributed by atoms with E-state index >= 15 is 0 Å². The normalized spacial score (nSPS) is 13.6. The van der Waals surface area contributed by atoms with Crippen molar-refractivity contribution in [3.63, 3.8) is 0 Å². The lowest BCUT2D eigenvalue weighted by Gasteiger charge is -2.10. The number of aryl methyl sites for hydroxylation is 1. The second-order valence-electron chi connectivity index (χ2n) is 6.14. The number of aromatic nitrogens is 4. The molecule has 7 heteroatoms. The predicted octanol–water partition coefficient (Wildman–Crippen LogP) is 3.43. The second kappa shape index (κ2) is 6.01. The fourth-order valence-corrected chi connectivity index (χ4v) is 2.72. The van der Waals surface area contributed by atoms with Gasteiger partial charge in [0.1, 0.15) is 0 Å². The molecule has 0 spiro atoms. The Labute approximate surface area is 144 Å². The molecule has 0 saturated heterocycles. The highest BCUT2D eigenvalue weighted by Gasteiger charge is 2.24. The van der Waals surface area contributed by atoms with Crippen LogP contribution in [0.5, 0.6) is 0 Å². The van der Waals surface area contributed by atoms with Gasteiger partial charge in [-0.1, -0.05) is 18.2 Å². The standard InChI is InChI=1S/C18H17N5O2/c1-11-8-19-18(21-12-9-20-23(10-12)13-6-7-13)22-16(11)14-4-2-3-5-15(14)17(24)25/h2-5,8-10,13H,6-7H2,1H3,(H,24,25)(H,19,21,22). The first kappa shape index (κ1) is 15.3. The van der Waals surface area contributed by atoms with E-state index in [-0.39, 0.29) is 5.56 Å². The molecule has 1 aliphatic carbocycles. The smallest absolute Gasteiger partial charge is 0.336 e. The van der Waals surface area contributed by atoms with E-state index in [4.69, 9.17) is 0 Å². The maximum atomic E-state index is 11.5. The van der Waals surface area contributed by atoms with E-state index in [0.717, 1.165) is 24.1 Å². The molecule has 2 heterocycles. The van der Waals surface area contributed by atoms with Gasteiger partial charge in [0.2, 0.25) is 5.95 Å². The Morgan fingerprint density at radius 3 is 2.84 bits per heavy atom. The molecular weight excluding hydrogens is 318 g/mol. The Kier molecular flexibility index (Phi) is 3.68. The highest BCUT2D eigenvalue weighted by Crippen LogP contribution is 2.34. The number of nitrogens with zero attached hydrogens (tertiary/aromatic N) is 4. The van der Waals surface area contributed by atoms with Gasteiger partial charge in [-0.3, -0.25) is 4.68 Å². The first-order valence-electron chi connectivity index (χ1n) is 8.09. The zero-order valence-electron chi connectivity index (χ0n) is 13.7. The fourth-order valence-electron chi connectivity index (χ4n) is 2.72. The van der Waals surface area contributed by atoms with Gasteiger partial charge in [-0.05, 0) is 31.4 Å². The number of hydrogen-bond donors (Lipinski definition) is 2. The van der Waals surface area contributed by atoms with E-state index in [1.54, 1.807) is 36.7 Å². The number of hydrogen-bond acceptors (Lipinski definition) is 5. The van der Waals surface area contributed by atoms with Crippen LogP contribution in [0.3, 0.4) is 0 Å². The number of benzene rings is 1. The third-order valence-electron chi connectivity index (χ3n) is 4.16. The van der Waals surface area contributed by atoms with Gasteiger partial charge in [0, 0.05) is 18.0 Å². The number of aromatic carboxylic acids is 1. The van der Waals surface area contributed by atoms with E-state index < -0.39 is 5.97 Å². The average Bonchev–Trinajstić information content (AvgIpc) is 3.36. The predicted molar refractivity (Wildman–Crippen MR) is 92.9 cm³/mol. The molecule has 0 radical (unpaired) electrons. The van der Waals surface area contributed by atoms with Crippen LogP contribution in [0.25, 0.3) is 11.3 Å². The van der Waals surface area contributed by atoms with Crippen molar-refractivity contribution in [1.82, 2.24) is 19.7 Å². The Bertz CT molecular complexity index is 946. The molecule has 0 aliphatic heterocycles. The van der Waals surface area contributed by atoms with Gasteiger partial charge in [-0.2, -0.15) is 5.10 Å². The minimum Gasteiger partial charge on any atom is -0.478 e. The first-order chi connectivity index (χ1) is 12.1. The van der Waals surface area contributed by atoms with Crippen LogP contribution in [-0.4, -0.2) is 30.8 Å². The molecule has 2 N–H and O–H groups in total. The molecule has 0 unspecified atom stereocenters. The zero-order valence-corrected chi connectivity index (χ0v) is 13.7. The molecule has 126 valence electrons. The number of nitrogens with one attached hydrogen (secondary N) is 1. The Hall–Kier alpha value is -3.22. The average molecular weight is 335 g/mol. The summed E-state index contributed by atoms with van der Waals surface area (Å²) >= 11 is 0. The SMILES string of the molecule is Cc1cnc(Nc2cnn(C3CC3)c2)nc1-c1ccccc1C(=O)O. The molecule has 3 aromatic rings. The summed E-state index contributed by atoms with van der Waals surface area (Å²) in [6.07, 6.45) is 7.70. The van der Waals surface area contributed by atoms with Gasteiger partial charge in [0.15, 0.2) is 0 Å². The van der Waals surface area contributed by atoms with Crippen molar-refractivity contribution in [2.75, 3.05) is 5.32 Å². The third-order valence-corrected chi connectivity index (χ3v) is 4.16. The largest absolute Gasteiger partial charge is 0.478 e. The van der Waals surface area contributed by atoms with Gasteiger partial charge in [-0.15, -0.1) is 0 Å². The number of carboxylic acids is 1. The molecule has 1 saturated carbocycles. The number of anilines is 2. The van der Waals surface area contributed by atoms with Crippen LogP contribution >= 0.6 is 0 Å². The number of rotatable bonds is 5. The van der Waals surface area contributed by atoms with Crippen molar-refractivity contribution in [2.45, 2.75) is 25.8 Å². The molecule has 1 aliphatic rings. The van der Waals surface area contributed by atoms with E-state index in [1.165, 1.54) is 0 Å². The van der Waals surface area contributed by atoms with Crippen molar-refractivity contribution < 1.29 is 9.90 Å². The molecule has 0 bridgehead atoms. The van der Waals surface area contributed by atoms with Gasteiger partial charge in [0.25, 0.3) is 0 Å². The Morgan fingerprint density at radius 2 is 2.08 bits per heavy atom. The highest BCUT2D eigenvalue weighted by atomic mass is 16.4. The molecule has 0 atom stereocenters. The topological polar surface area (TPSA) is 92.9 Å². The molecule has 1 aromatic carbocycles. The summed E-state index contributed by atoms with van der Waals surface area (Å²) in [5.41, 5.74) is 3.02. The summed E-state index contributed by atoms with van der Waals surface area (Å²) in [6.45, 7) is 1.86. The molecule has 2 aromatic heterocycles. The second-order valence-corrected chi connectivity index (χ2v) is 6.14. The van der Waals surface area contributed by atoms with E-state index in [2.05, 4.69) is 20.4 Å². The Morgan fingerprint density at radius 1 is 1.28 bits per heavy atom. The van der Waals surface area contributed by atoms with E-state index in [0.29, 0.717) is 23.2 Å². The Balaban J connectivity index is 1.67.